The van der Waals surface area contributed by atoms with E-state index < -0.39 is 0 Å². The van der Waals surface area contributed by atoms with Gasteiger partial charge in [-0.2, -0.15) is 0 Å². The molecular weight excluding hydrogens is 386 g/mol. The predicted octanol–water partition coefficient (Wildman–Crippen LogP) is 8.55. The highest BCUT2D eigenvalue weighted by Crippen LogP contribution is 2.59. The lowest BCUT2D eigenvalue weighted by Gasteiger charge is -2.54. The van der Waals surface area contributed by atoms with E-state index in [1.54, 1.807) is 0 Å². The van der Waals surface area contributed by atoms with Crippen LogP contribution >= 0.6 is 0 Å². The number of aryl methyl sites for hydroxylation is 2. The van der Waals surface area contributed by atoms with Crippen molar-refractivity contribution in [3.05, 3.63) is 88.7 Å². The third kappa shape index (κ3) is 3.60. The molecule has 3 aromatic rings. The summed E-state index contributed by atoms with van der Waals surface area (Å²) >= 11 is 0. The van der Waals surface area contributed by atoms with Crippen LogP contribution in [0.15, 0.2) is 60.9 Å². The van der Waals surface area contributed by atoms with E-state index in [4.69, 9.17) is 0 Å². The topological polar surface area (TPSA) is 12.9 Å². The number of rotatable bonds is 7. The van der Waals surface area contributed by atoms with Crippen molar-refractivity contribution in [1.29, 1.82) is 0 Å². The molecule has 0 N–H and O–H groups in total. The largest absolute Gasteiger partial charge is 0.265 e. The number of hydrogen-bond donors (Lipinski definition) is 0. The molecule has 32 heavy (non-hydrogen) atoms. The van der Waals surface area contributed by atoms with Crippen molar-refractivity contribution in [3.63, 3.8) is 0 Å². The molecule has 3 atom stereocenters. The number of benzene rings is 2. The Labute approximate surface area is 195 Å². The Morgan fingerprint density at radius 2 is 1.41 bits per heavy atom. The highest BCUT2D eigenvalue weighted by atomic mass is 14.6. The van der Waals surface area contributed by atoms with E-state index in [2.05, 4.69) is 95.1 Å². The van der Waals surface area contributed by atoms with Crippen molar-refractivity contribution in [1.82, 2.24) is 4.98 Å². The molecule has 0 bridgehead atoms. The molecule has 1 heteroatoms. The fraction of sp³-hybridized carbons (Fsp3) is 0.452. The number of unbranched alkanes of at least 4 members (excludes halogenated alkanes) is 1. The van der Waals surface area contributed by atoms with Crippen LogP contribution in [-0.4, -0.2) is 4.98 Å². The Hall–Kier alpha value is -2.41. The number of nitrogens with zero attached hydrogens (tertiary/aromatic N) is 1. The third-order valence-electron chi connectivity index (χ3n) is 8.37. The van der Waals surface area contributed by atoms with Crippen molar-refractivity contribution in [3.8, 4) is 11.1 Å². The van der Waals surface area contributed by atoms with Crippen LogP contribution in [0.4, 0.5) is 0 Å². The molecule has 168 valence electrons. The molecule has 0 aliphatic heterocycles. The summed E-state index contributed by atoms with van der Waals surface area (Å²) < 4.78 is 0. The summed E-state index contributed by atoms with van der Waals surface area (Å²) in [6, 6.07) is 18.7. The average molecular weight is 426 g/mol. The summed E-state index contributed by atoms with van der Waals surface area (Å²) in [4.78, 5) is 4.37. The summed E-state index contributed by atoms with van der Waals surface area (Å²) in [5.74, 6) is 0.723. The Morgan fingerprint density at radius 1 is 0.812 bits per heavy atom. The van der Waals surface area contributed by atoms with Gasteiger partial charge < -0.3 is 0 Å². The van der Waals surface area contributed by atoms with Gasteiger partial charge in [0.1, 0.15) is 0 Å². The number of hydrogen-bond acceptors (Lipinski definition) is 1. The monoisotopic (exact) mass is 425 g/mol. The first-order valence-electron chi connectivity index (χ1n) is 12.5. The lowest BCUT2D eigenvalue weighted by atomic mass is 9.49. The van der Waals surface area contributed by atoms with Gasteiger partial charge in [-0.25, -0.2) is 0 Å². The van der Waals surface area contributed by atoms with Gasteiger partial charge in [0.2, 0.25) is 0 Å². The normalized spacial score (nSPS) is 22.8. The second-order valence-electron chi connectivity index (χ2n) is 10.4. The molecule has 1 aliphatic carbocycles. The van der Waals surface area contributed by atoms with E-state index in [-0.39, 0.29) is 10.8 Å². The van der Waals surface area contributed by atoms with E-state index in [1.807, 2.05) is 12.4 Å². The molecular formula is C31H39N. The first-order chi connectivity index (χ1) is 15.3. The summed E-state index contributed by atoms with van der Waals surface area (Å²) in [5.41, 5.74) is 9.72. The Kier molecular flexibility index (Phi) is 6.30. The zero-order chi connectivity index (χ0) is 22.9. The third-order valence-corrected chi connectivity index (χ3v) is 8.37. The van der Waals surface area contributed by atoms with Crippen LogP contribution < -0.4 is 0 Å². The molecule has 1 aromatic heterocycles. The summed E-state index contributed by atoms with van der Waals surface area (Å²) in [6.45, 7) is 14.2. The van der Waals surface area contributed by atoms with Crippen molar-refractivity contribution in [2.24, 2.45) is 5.92 Å². The fourth-order valence-electron chi connectivity index (χ4n) is 6.22. The maximum absolute atomic E-state index is 4.37. The van der Waals surface area contributed by atoms with Crippen LogP contribution in [0.25, 0.3) is 11.1 Å². The Bertz CT molecular complexity index is 1080. The molecule has 3 unspecified atom stereocenters. The minimum atomic E-state index is -0.127. The maximum atomic E-state index is 4.37. The zero-order valence-electron chi connectivity index (χ0n) is 20.8. The second kappa shape index (κ2) is 8.85. The first-order valence-corrected chi connectivity index (χ1v) is 12.5. The van der Waals surface area contributed by atoms with E-state index in [9.17, 15) is 0 Å². The average Bonchev–Trinajstić information content (AvgIpc) is 2.81. The van der Waals surface area contributed by atoms with Crippen LogP contribution in [-0.2, 0) is 10.8 Å². The van der Waals surface area contributed by atoms with Crippen molar-refractivity contribution < 1.29 is 0 Å². The number of pyridine rings is 1. The molecule has 0 amide bonds. The van der Waals surface area contributed by atoms with Crippen LogP contribution in [0.3, 0.4) is 0 Å². The van der Waals surface area contributed by atoms with Gasteiger partial charge in [0.25, 0.3) is 0 Å². The summed E-state index contributed by atoms with van der Waals surface area (Å²) in [5, 5.41) is 0. The molecule has 0 saturated heterocycles. The van der Waals surface area contributed by atoms with Gasteiger partial charge in [0, 0.05) is 23.2 Å². The molecule has 1 nitrogen and oxygen atoms in total. The minimum Gasteiger partial charge on any atom is -0.265 e. The fourth-order valence-corrected chi connectivity index (χ4v) is 6.22. The van der Waals surface area contributed by atoms with Crippen LogP contribution in [0.2, 0.25) is 0 Å². The maximum Gasteiger partial charge on any atom is 0.0276 e. The number of aromatic nitrogens is 1. The molecule has 0 radical (unpaired) electrons. The summed E-state index contributed by atoms with van der Waals surface area (Å²) in [6.07, 6.45) is 10.3. The molecule has 0 fully saturated rings. The quantitative estimate of drug-likeness (QED) is 0.369. The highest BCUT2D eigenvalue weighted by molar-refractivity contribution is 5.80. The van der Waals surface area contributed by atoms with Gasteiger partial charge in [0.05, 0.1) is 0 Å². The van der Waals surface area contributed by atoms with Crippen molar-refractivity contribution in [2.45, 2.75) is 84.5 Å². The van der Waals surface area contributed by atoms with E-state index >= 15 is 0 Å². The number of fused-ring (bicyclic) bond motifs is 3. The molecule has 0 saturated carbocycles. The Morgan fingerprint density at radius 3 is 2.00 bits per heavy atom. The van der Waals surface area contributed by atoms with Gasteiger partial charge in [-0.3, -0.25) is 4.98 Å². The van der Waals surface area contributed by atoms with E-state index in [0.717, 1.165) is 5.92 Å². The predicted molar refractivity (Wildman–Crippen MR) is 137 cm³/mol. The van der Waals surface area contributed by atoms with Crippen LogP contribution in [0.5, 0.6) is 0 Å². The van der Waals surface area contributed by atoms with Crippen molar-refractivity contribution in [2.75, 3.05) is 0 Å². The van der Waals surface area contributed by atoms with Gasteiger partial charge in [-0.1, -0.05) is 101 Å². The Balaban J connectivity index is 2.03. The SMILES string of the molecule is CCCCC(CC)CC1(C)c2cc(C)ccc2-c2ccc(C)cc2C1(C)c1ccncc1. The first kappa shape index (κ1) is 22.8. The highest BCUT2D eigenvalue weighted by Gasteiger charge is 2.53. The smallest absolute Gasteiger partial charge is 0.0276 e. The zero-order valence-corrected chi connectivity index (χ0v) is 20.8. The molecule has 1 aliphatic rings. The van der Waals surface area contributed by atoms with Crippen LogP contribution in [0.1, 0.15) is 87.6 Å². The lowest BCUT2D eigenvalue weighted by Crippen LogP contribution is -2.50. The second-order valence-corrected chi connectivity index (χ2v) is 10.4. The van der Waals surface area contributed by atoms with Crippen LogP contribution in [0, 0.1) is 19.8 Å². The molecule has 2 aromatic carbocycles. The van der Waals surface area contributed by atoms with Crippen molar-refractivity contribution >= 4 is 0 Å². The molecule has 4 rings (SSSR count). The standard InChI is InChI=1S/C31H39N/c1-7-9-10-24(8-2)21-30(5)28-19-22(3)11-13-26(28)27-14-12-23(4)20-29(27)31(30,6)25-15-17-32-18-16-25/h11-20,24H,7-10,21H2,1-6H3. The lowest BCUT2D eigenvalue weighted by molar-refractivity contribution is 0.220. The van der Waals surface area contributed by atoms with Gasteiger partial charge in [-0.05, 0) is 66.1 Å². The minimum absolute atomic E-state index is 0.00901. The summed E-state index contributed by atoms with van der Waals surface area (Å²) in [7, 11) is 0. The van der Waals surface area contributed by atoms with Gasteiger partial charge in [0.15, 0.2) is 0 Å². The molecule has 1 heterocycles. The van der Waals surface area contributed by atoms with E-state index in [0.29, 0.717) is 0 Å². The van der Waals surface area contributed by atoms with Gasteiger partial charge >= 0.3 is 0 Å². The molecule has 0 spiro atoms. The van der Waals surface area contributed by atoms with E-state index in [1.165, 1.54) is 71.0 Å². The van der Waals surface area contributed by atoms with Gasteiger partial charge in [-0.15, -0.1) is 0 Å².